The number of piperidine rings is 1. The van der Waals surface area contributed by atoms with Crippen molar-refractivity contribution < 1.29 is 9.53 Å². The molecule has 0 radical (unpaired) electrons. The summed E-state index contributed by atoms with van der Waals surface area (Å²) >= 11 is 0. The maximum Gasteiger partial charge on any atom is 0.242 e. The van der Waals surface area contributed by atoms with Gasteiger partial charge in [-0.15, -0.1) is 0 Å². The van der Waals surface area contributed by atoms with Crippen LogP contribution < -0.4 is 15.4 Å². The number of rotatable bonds is 3. The van der Waals surface area contributed by atoms with E-state index in [0.717, 1.165) is 30.8 Å². The van der Waals surface area contributed by atoms with Gasteiger partial charge in [-0.05, 0) is 25.8 Å². The minimum atomic E-state index is -0.181. The summed E-state index contributed by atoms with van der Waals surface area (Å²) in [7, 11) is 1.60. The standard InChI is InChI=1S/C12H17N3O2/c1-8-6-10(11(17-2)7-14-8)15-9-4-3-5-13-12(9)16/h6-7,9H,3-5H2,1-2H3,(H,13,16)(H,14,15). The second kappa shape index (κ2) is 5.03. The van der Waals surface area contributed by atoms with Crippen molar-refractivity contribution in [1.82, 2.24) is 10.3 Å². The van der Waals surface area contributed by atoms with E-state index >= 15 is 0 Å². The highest BCUT2D eigenvalue weighted by Crippen LogP contribution is 2.25. The zero-order valence-corrected chi connectivity index (χ0v) is 10.1. The van der Waals surface area contributed by atoms with Gasteiger partial charge in [0.2, 0.25) is 5.91 Å². The molecule has 2 rings (SSSR count). The van der Waals surface area contributed by atoms with Gasteiger partial charge in [0.1, 0.15) is 6.04 Å². The molecule has 1 atom stereocenters. The molecule has 1 aliphatic rings. The molecule has 1 fully saturated rings. The molecule has 1 aromatic rings. The zero-order valence-electron chi connectivity index (χ0n) is 10.1. The quantitative estimate of drug-likeness (QED) is 0.823. The fourth-order valence-electron chi connectivity index (χ4n) is 1.92. The largest absolute Gasteiger partial charge is 0.493 e. The van der Waals surface area contributed by atoms with Gasteiger partial charge in [-0.25, -0.2) is 0 Å². The van der Waals surface area contributed by atoms with Gasteiger partial charge in [0, 0.05) is 12.2 Å². The molecule has 1 unspecified atom stereocenters. The summed E-state index contributed by atoms with van der Waals surface area (Å²) < 4.78 is 5.22. The van der Waals surface area contributed by atoms with Gasteiger partial charge in [-0.3, -0.25) is 9.78 Å². The lowest BCUT2D eigenvalue weighted by atomic mass is 10.1. The molecule has 0 spiro atoms. The first-order valence-corrected chi connectivity index (χ1v) is 5.75. The molecule has 2 heterocycles. The third-order valence-corrected chi connectivity index (χ3v) is 2.84. The maximum atomic E-state index is 11.7. The Morgan fingerprint density at radius 2 is 2.41 bits per heavy atom. The lowest BCUT2D eigenvalue weighted by molar-refractivity contribution is -0.123. The Morgan fingerprint density at radius 1 is 1.59 bits per heavy atom. The number of hydrogen-bond acceptors (Lipinski definition) is 4. The Morgan fingerprint density at radius 3 is 3.12 bits per heavy atom. The second-order valence-corrected chi connectivity index (χ2v) is 4.16. The number of aryl methyl sites for hydroxylation is 1. The van der Waals surface area contributed by atoms with Gasteiger partial charge < -0.3 is 15.4 Å². The predicted octanol–water partition coefficient (Wildman–Crippen LogP) is 1.09. The van der Waals surface area contributed by atoms with Crippen LogP contribution in [0.3, 0.4) is 0 Å². The number of nitrogens with zero attached hydrogens (tertiary/aromatic N) is 1. The summed E-state index contributed by atoms with van der Waals surface area (Å²) in [4.78, 5) is 15.8. The van der Waals surface area contributed by atoms with Crippen LogP contribution in [0, 0.1) is 6.92 Å². The Kier molecular flexibility index (Phi) is 3.46. The molecule has 2 N–H and O–H groups in total. The molecule has 1 aliphatic heterocycles. The fraction of sp³-hybridized carbons (Fsp3) is 0.500. The maximum absolute atomic E-state index is 11.7. The molecule has 1 amide bonds. The van der Waals surface area contributed by atoms with E-state index in [-0.39, 0.29) is 11.9 Å². The molecule has 1 aromatic heterocycles. The Hall–Kier alpha value is -1.78. The van der Waals surface area contributed by atoms with E-state index < -0.39 is 0 Å². The SMILES string of the molecule is COc1cnc(C)cc1NC1CCCNC1=O. The zero-order chi connectivity index (χ0) is 12.3. The van der Waals surface area contributed by atoms with E-state index in [2.05, 4.69) is 15.6 Å². The average Bonchev–Trinajstić information content (AvgIpc) is 2.32. The van der Waals surface area contributed by atoms with E-state index in [0.29, 0.717) is 5.75 Å². The van der Waals surface area contributed by atoms with Crippen LogP contribution >= 0.6 is 0 Å². The number of pyridine rings is 1. The lowest BCUT2D eigenvalue weighted by Crippen LogP contribution is -2.44. The molecular weight excluding hydrogens is 218 g/mol. The number of aromatic nitrogens is 1. The normalized spacial score (nSPS) is 19.6. The van der Waals surface area contributed by atoms with Crippen LogP contribution in [-0.2, 0) is 4.79 Å². The van der Waals surface area contributed by atoms with Gasteiger partial charge in [-0.1, -0.05) is 0 Å². The molecule has 5 heteroatoms. The number of amides is 1. The summed E-state index contributed by atoms with van der Waals surface area (Å²) in [6.07, 6.45) is 3.50. The van der Waals surface area contributed by atoms with Crippen LogP contribution in [0.1, 0.15) is 18.5 Å². The van der Waals surface area contributed by atoms with Crippen molar-refractivity contribution in [2.45, 2.75) is 25.8 Å². The smallest absolute Gasteiger partial charge is 0.242 e. The summed E-state index contributed by atoms with van der Waals surface area (Å²) in [6, 6.07) is 1.71. The average molecular weight is 235 g/mol. The van der Waals surface area contributed by atoms with E-state index in [1.807, 2.05) is 13.0 Å². The number of ether oxygens (including phenoxy) is 1. The Labute approximate surface area is 101 Å². The van der Waals surface area contributed by atoms with Crippen LogP contribution in [0.2, 0.25) is 0 Å². The Bertz CT molecular complexity index is 420. The summed E-state index contributed by atoms with van der Waals surface area (Å²) in [5.74, 6) is 0.710. The van der Waals surface area contributed by atoms with Crippen LogP contribution in [0.4, 0.5) is 5.69 Å². The molecule has 92 valence electrons. The topological polar surface area (TPSA) is 63.2 Å². The van der Waals surface area contributed by atoms with Crippen LogP contribution in [-0.4, -0.2) is 30.6 Å². The molecule has 0 saturated carbocycles. The van der Waals surface area contributed by atoms with Gasteiger partial charge in [0.05, 0.1) is 19.0 Å². The number of carbonyl (C=O) groups excluding carboxylic acids is 1. The van der Waals surface area contributed by atoms with Gasteiger partial charge >= 0.3 is 0 Å². The van der Waals surface area contributed by atoms with Crippen LogP contribution in [0.15, 0.2) is 12.3 Å². The van der Waals surface area contributed by atoms with Crippen molar-refractivity contribution >= 4 is 11.6 Å². The highest BCUT2D eigenvalue weighted by molar-refractivity contribution is 5.85. The van der Waals surface area contributed by atoms with Crippen molar-refractivity contribution in [2.24, 2.45) is 0 Å². The highest BCUT2D eigenvalue weighted by atomic mass is 16.5. The monoisotopic (exact) mass is 235 g/mol. The van der Waals surface area contributed by atoms with Crippen molar-refractivity contribution in [1.29, 1.82) is 0 Å². The van der Waals surface area contributed by atoms with Crippen LogP contribution in [0.25, 0.3) is 0 Å². The lowest BCUT2D eigenvalue weighted by Gasteiger charge is -2.24. The molecule has 1 saturated heterocycles. The van der Waals surface area contributed by atoms with E-state index in [9.17, 15) is 4.79 Å². The van der Waals surface area contributed by atoms with Crippen LogP contribution in [0.5, 0.6) is 5.75 Å². The van der Waals surface area contributed by atoms with Crippen molar-refractivity contribution in [3.8, 4) is 5.75 Å². The molecular formula is C12H17N3O2. The first-order valence-electron chi connectivity index (χ1n) is 5.75. The molecule has 0 bridgehead atoms. The van der Waals surface area contributed by atoms with Gasteiger partial charge in [0.15, 0.2) is 5.75 Å². The Balaban J connectivity index is 2.16. The molecule has 5 nitrogen and oxygen atoms in total. The third-order valence-electron chi connectivity index (χ3n) is 2.84. The predicted molar refractivity (Wildman–Crippen MR) is 65.2 cm³/mol. The molecule has 17 heavy (non-hydrogen) atoms. The van der Waals surface area contributed by atoms with Gasteiger partial charge in [-0.2, -0.15) is 0 Å². The number of carbonyl (C=O) groups is 1. The van der Waals surface area contributed by atoms with Crippen molar-refractivity contribution in [3.05, 3.63) is 18.0 Å². The van der Waals surface area contributed by atoms with Crippen molar-refractivity contribution in [3.63, 3.8) is 0 Å². The number of nitrogens with one attached hydrogen (secondary N) is 2. The first-order chi connectivity index (χ1) is 8.20. The van der Waals surface area contributed by atoms with Gasteiger partial charge in [0.25, 0.3) is 0 Å². The molecule has 0 aromatic carbocycles. The highest BCUT2D eigenvalue weighted by Gasteiger charge is 2.22. The third kappa shape index (κ3) is 2.67. The summed E-state index contributed by atoms with van der Waals surface area (Å²) in [5, 5.41) is 6.06. The number of hydrogen-bond donors (Lipinski definition) is 2. The number of anilines is 1. The van der Waals surface area contributed by atoms with E-state index in [1.54, 1.807) is 13.3 Å². The first kappa shape index (κ1) is 11.7. The molecule has 0 aliphatic carbocycles. The summed E-state index contributed by atoms with van der Waals surface area (Å²) in [6.45, 7) is 2.68. The second-order valence-electron chi connectivity index (χ2n) is 4.16. The van der Waals surface area contributed by atoms with E-state index in [4.69, 9.17) is 4.74 Å². The summed E-state index contributed by atoms with van der Waals surface area (Å²) in [5.41, 5.74) is 1.71. The minimum Gasteiger partial charge on any atom is -0.493 e. The minimum absolute atomic E-state index is 0.0489. The fourth-order valence-corrected chi connectivity index (χ4v) is 1.92. The van der Waals surface area contributed by atoms with Crippen molar-refractivity contribution in [2.75, 3.05) is 19.0 Å². The number of methoxy groups -OCH3 is 1. The van der Waals surface area contributed by atoms with E-state index in [1.165, 1.54) is 0 Å².